The van der Waals surface area contributed by atoms with Gasteiger partial charge in [0.1, 0.15) is 5.82 Å². The highest BCUT2D eigenvalue weighted by atomic mass is 16.1. The van der Waals surface area contributed by atoms with Crippen molar-refractivity contribution in [1.82, 2.24) is 15.2 Å². The molecule has 1 aliphatic carbocycles. The second-order valence-corrected chi connectivity index (χ2v) is 7.36. The van der Waals surface area contributed by atoms with Crippen molar-refractivity contribution >= 4 is 11.7 Å². The Morgan fingerprint density at radius 2 is 1.81 bits per heavy atom. The van der Waals surface area contributed by atoms with Crippen molar-refractivity contribution in [3.8, 4) is 0 Å². The first-order valence-electron chi connectivity index (χ1n) is 9.56. The van der Waals surface area contributed by atoms with E-state index in [2.05, 4.69) is 50.8 Å². The predicted molar refractivity (Wildman–Crippen MR) is 103 cm³/mol. The Morgan fingerprint density at radius 3 is 2.54 bits per heavy atom. The Balaban J connectivity index is 1.28. The van der Waals surface area contributed by atoms with E-state index in [0.29, 0.717) is 17.6 Å². The highest BCUT2D eigenvalue weighted by Gasteiger charge is 2.24. The average molecular weight is 350 g/mol. The third-order valence-electron chi connectivity index (χ3n) is 5.12. The number of carbonyl (C=O) groups is 1. The van der Waals surface area contributed by atoms with E-state index in [1.165, 1.54) is 5.56 Å². The Morgan fingerprint density at radius 1 is 1.04 bits per heavy atom. The quantitative estimate of drug-likeness (QED) is 0.841. The fourth-order valence-corrected chi connectivity index (χ4v) is 3.43. The molecule has 2 aromatic rings. The Hall–Kier alpha value is -2.40. The first-order valence-corrected chi connectivity index (χ1v) is 9.56. The van der Waals surface area contributed by atoms with E-state index in [4.69, 9.17) is 0 Å². The molecule has 5 heteroatoms. The lowest BCUT2D eigenvalue weighted by Crippen LogP contribution is -2.38. The van der Waals surface area contributed by atoms with Crippen molar-refractivity contribution in [2.45, 2.75) is 44.3 Å². The summed E-state index contributed by atoms with van der Waals surface area (Å²) in [7, 11) is 0. The Labute approximate surface area is 154 Å². The Kier molecular flexibility index (Phi) is 5.16. The van der Waals surface area contributed by atoms with E-state index in [1.807, 2.05) is 6.07 Å². The summed E-state index contributed by atoms with van der Waals surface area (Å²) in [4.78, 5) is 19.1. The highest BCUT2D eigenvalue weighted by Crippen LogP contribution is 2.20. The van der Waals surface area contributed by atoms with Gasteiger partial charge in [-0.2, -0.15) is 0 Å². The van der Waals surface area contributed by atoms with Crippen molar-refractivity contribution in [3.63, 3.8) is 0 Å². The number of benzene rings is 1. The van der Waals surface area contributed by atoms with E-state index < -0.39 is 0 Å². The number of hydrogen-bond acceptors (Lipinski definition) is 4. The number of hydrogen-bond donors (Lipinski definition) is 2. The minimum atomic E-state index is 0.00984. The molecule has 0 spiro atoms. The first-order chi connectivity index (χ1) is 12.8. The van der Waals surface area contributed by atoms with Crippen LogP contribution in [0.5, 0.6) is 0 Å². The molecule has 1 saturated carbocycles. The topological polar surface area (TPSA) is 57.3 Å². The molecule has 2 heterocycles. The van der Waals surface area contributed by atoms with Gasteiger partial charge in [-0.15, -0.1) is 0 Å². The number of likely N-dealkylation sites (tertiary alicyclic amines) is 1. The van der Waals surface area contributed by atoms with Gasteiger partial charge in [0.2, 0.25) is 0 Å². The molecule has 2 fully saturated rings. The Bertz CT molecular complexity index is 737. The summed E-state index contributed by atoms with van der Waals surface area (Å²) in [5.74, 6) is 0.811. The predicted octanol–water partition coefficient (Wildman–Crippen LogP) is 3.05. The number of aromatic nitrogens is 1. The fraction of sp³-hybridized carbons (Fsp3) is 0.429. The first kappa shape index (κ1) is 17.0. The van der Waals surface area contributed by atoms with Crippen molar-refractivity contribution in [2.75, 3.05) is 18.4 Å². The average Bonchev–Trinajstić information content (AvgIpc) is 3.48. The number of nitrogens with one attached hydrogen (secondary N) is 2. The highest BCUT2D eigenvalue weighted by molar-refractivity contribution is 5.95. The van der Waals surface area contributed by atoms with E-state index in [1.54, 1.807) is 12.3 Å². The third kappa shape index (κ3) is 4.61. The van der Waals surface area contributed by atoms with Gasteiger partial charge in [0.25, 0.3) is 5.91 Å². The summed E-state index contributed by atoms with van der Waals surface area (Å²) < 4.78 is 0. The largest absolute Gasteiger partial charge is 0.367 e. The molecule has 2 aliphatic rings. The lowest BCUT2D eigenvalue weighted by Gasteiger charge is -2.32. The molecular formula is C21H26N4O. The van der Waals surface area contributed by atoms with Crippen molar-refractivity contribution in [1.29, 1.82) is 0 Å². The molecule has 1 aliphatic heterocycles. The van der Waals surface area contributed by atoms with E-state index in [0.717, 1.165) is 51.1 Å². The molecule has 0 bridgehead atoms. The minimum Gasteiger partial charge on any atom is -0.367 e. The molecule has 4 rings (SSSR count). The zero-order valence-corrected chi connectivity index (χ0v) is 15.0. The molecule has 0 atom stereocenters. The number of rotatable bonds is 6. The van der Waals surface area contributed by atoms with Gasteiger partial charge in [0.15, 0.2) is 0 Å². The summed E-state index contributed by atoms with van der Waals surface area (Å²) in [5.41, 5.74) is 2.06. The van der Waals surface area contributed by atoms with Crippen LogP contribution in [0.4, 0.5) is 5.82 Å². The summed E-state index contributed by atoms with van der Waals surface area (Å²) >= 11 is 0. The van der Waals surface area contributed by atoms with Crippen LogP contribution in [0.2, 0.25) is 0 Å². The molecule has 0 unspecified atom stereocenters. The standard InChI is InChI=1S/C21H26N4O/c26-21(24-18-6-7-18)17-8-11-22-20(14-17)23-19-9-12-25(13-10-19)15-16-4-2-1-3-5-16/h1-5,8,11,14,18-19H,6-7,9-10,12-13,15H2,(H,22,23)(H,24,26). The number of nitrogens with zero attached hydrogens (tertiary/aromatic N) is 2. The third-order valence-corrected chi connectivity index (χ3v) is 5.12. The summed E-state index contributed by atoms with van der Waals surface area (Å²) in [6, 6.07) is 15.1. The van der Waals surface area contributed by atoms with Gasteiger partial charge in [-0.25, -0.2) is 4.98 Å². The van der Waals surface area contributed by atoms with Crippen molar-refractivity contribution < 1.29 is 4.79 Å². The maximum atomic E-state index is 12.2. The lowest BCUT2D eigenvalue weighted by atomic mass is 10.0. The van der Waals surface area contributed by atoms with Gasteiger partial charge in [-0.1, -0.05) is 30.3 Å². The van der Waals surface area contributed by atoms with Gasteiger partial charge < -0.3 is 10.6 Å². The second kappa shape index (κ2) is 7.87. The van der Waals surface area contributed by atoms with Crippen LogP contribution in [0.1, 0.15) is 41.6 Å². The van der Waals surface area contributed by atoms with Crippen LogP contribution in [0.15, 0.2) is 48.7 Å². The molecular weight excluding hydrogens is 324 g/mol. The fourth-order valence-electron chi connectivity index (χ4n) is 3.43. The number of amides is 1. The van der Waals surface area contributed by atoms with E-state index >= 15 is 0 Å². The molecule has 5 nitrogen and oxygen atoms in total. The van der Waals surface area contributed by atoms with Gasteiger partial charge >= 0.3 is 0 Å². The van der Waals surface area contributed by atoms with Crippen LogP contribution >= 0.6 is 0 Å². The minimum absolute atomic E-state index is 0.00984. The molecule has 1 aromatic carbocycles. The van der Waals surface area contributed by atoms with E-state index in [-0.39, 0.29) is 5.91 Å². The number of piperidine rings is 1. The molecule has 136 valence electrons. The van der Waals surface area contributed by atoms with Crippen LogP contribution in [0, 0.1) is 0 Å². The van der Waals surface area contributed by atoms with Crippen LogP contribution < -0.4 is 10.6 Å². The van der Waals surface area contributed by atoms with Gasteiger partial charge in [0, 0.05) is 43.5 Å². The van der Waals surface area contributed by atoms with Crippen LogP contribution in [-0.2, 0) is 6.54 Å². The van der Waals surface area contributed by atoms with Crippen LogP contribution in [0.25, 0.3) is 0 Å². The summed E-state index contributed by atoms with van der Waals surface area (Å²) in [6.07, 6.45) is 6.10. The molecule has 1 saturated heterocycles. The second-order valence-electron chi connectivity index (χ2n) is 7.36. The normalized spacial score (nSPS) is 18.5. The van der Waals surface area contributed by atoms with Crippen LogP contribution in [0.3, 0.4) is 0 Å². The number of pyridine rings is 1. The molecule has 2 N–H and O–H groups in total. The number of anilines is 1. The molecule has 1 amide bonds. The summed E-state index contributed by atoms with van der Waals surface area (Å²) in [5, 5.41) is 6.54. The smallest absolute Gasteiger partial charge is 0.251 e. The van der Waals surface area contributed by atoms with E-state index in [9.17, 15) is 4.79 Å². The SMILES string of the molecule is O=C(NC1CC1)c1ccnc(NC2CCN(Cc3ccccc3)CC2)c1. The van der Waals surface area contributed by atoms with Crippen molar-refractivity contribution in [3.05, 3.63) is 59.8 Å². The van der Waals surface area contributed by atoms with Gasteiger partial charge in [-0.3, -0.25) is 9.69 Å². The zero-order valence-electron chi connectivity index (χ0n) is 15.0. The molecule has 1 aromatic heterocycles. The van der Waals surface area contributed by atoms with Crippen molar-refractivity contribution in [2.24, 2.45) is 0 Å². The van der Waals surface area contributed by atoms with Crippen LogP contribution in [-0.4, -0.2) is 41.0 Å². The lowest BCUT2D eigenvalue weighted by molar-refractivity contribution is 0.0951. The monoisotopic (exact) mass is 350 g/mol. The van der Waals surface area contributed by atoms with Gasteiger partial charge in [-0.05, 0) is 43.4 Å². The maximum Gasteiger partial charge on any atom is 0.251 e. The molecule has 26 heavy (non-hydrogen) atoms. The maximum absolute atomic E-state index is 12.2. The molecule has 0 radical (unpaired) electrons. The van der Waals surface area contributed by atoms with Gasteiger partial charge in [0.05, 0.1) is 0 Å². The summed E-state index contributed by atoms with van der Waals surface area (Å²) in [6.45, 7) is 3.17. The number of carbonyl (C=O) groups excluding carboxylic acids is 1. The zero-order chi connectivity index (χ0) is 17.8.